The number of aromatic nitrogens is 3. The number of imide groups is 1. The van der Waals surface area contributed by atoms with E-state index in [9.17, 15) is 19.2 Å². The molecule has 2 aromatic carbocycles. The van der Waals surface area contributed by atoms with Crippen LogP contribution in [-0.4, -0.2) is 45.1 Å². The Morgan fingerprint density at radius 3 is 2.60 bits per heavy atom. The molecular weight excluding hydrogens is 450 g/mol. The highest BCUT2D eigenvalue weighted by molar-refractivity contribution is 6.36. The third-order valence-electron chi connectivity index (χ3n) is 6.05. The molecule has 10 heteroatoms. The summed E-state index contributed by atoms with van der Waals surface area (Å²) < 4.78 is 5.40. The standard InChI is InChI=1S/C25H17N5O5/c31-15-8-14-7-13(5-6-19(14)35-11-15)9-27-23(32)22-21-20(28-12-29-22)18(10-26-21)30-24(33)16-3-1-2-4-17(16)25(30)34/h1-7,10,12,26H,8-9,11H2,(H,27,32). The number of carbonyl (C=O) groups excluding carboxylic acids is 4. The van der Waals surface area contributed by atoms with Crippen molar-refractivity contribution in [1.29, 1.82) is 0 Å². The van der Waals surface area contributed by atoms with Gasteiger partial charge in [0.15, 0.2) is 11.5 Å². The van der Waals surface area contributed by atoms with E-state index >= 15 is 0 Å². The largest absolute Gasteiger partial charge is 0.486 e. The Bertz CT molecular complexity index is 1540. The van der Waals surface area contributed by atoms with Gasteiger partial charge in [-0.25, -0.2) is 14.9 Å². The molecular formula is C25H17N5O5. The minimum absolute atomic E-state index is 0.00248. The Kier molecular flexibility index (Phi) is 4.66. The zero-order chi connectivity index (χ0) is 24.1. The second-order valence-corrected chi connectivity index (χ2v) is 8.24. The van der Waals surface area contributed by atoms with Crippen LogP contribution in [0.3, 0.4) is 0 Å². The molecule has 0 fully saturated rings. The zero-order valence-electron chi connectivity index (χ0n) is 18.2. The van der Waals surface area contributed by atoms with Crippen LogP contribution in [0.25, 0.3) is 11.0 Å². The van der Waals surface area contributed by atoms with E-state index in [2.05, 4.69) is 20.3 Å². The first-order valence-corrected chi connectivity index (χ1v) is 10.9. The van der Waals surface area contributed by atoms with Gasteiger partial charge in [0.2, 0.25) is 0 Å². The van der Waals surface area contributed by atoms with Crippen molar-refractivity contribution in [3.05, 3.63) is 82.9 Å². The monoisotopic (exact) mass is 467 g/mol. The Morgan fingerprint density at radius 2 is 1.83 bits per heavy atom. The highest BCUT2D eigenvalue weighted by Gasteiger charge is 2.38. The number of rotatable bonds is 4. The second kappa shape index (κ2) is 7.87. The average Bonchev–Trinajstić information content (AvgIpc) is 3.40. The molecule has 0 radical (unpaired) electrons. The van der Waals surface area contributed by atoms with Crippen LogP contribution in [0.5, 0.6) is 5.75 Å². The van der Waals surface area contributed by atoms with Gasteiger partial charge >= 0.3 is 0 Å². The maximum atomic E-state index is 13.0. The number of aromatic amines is 1. The number of fused-ring (bicyclic) bond motifs is 3. The van der Waals surface area contributed by atoms with Crippen molar-refractivity contribution in [1.82, 2.24) is 20.3 Å². The summed E-state index contributed by atoms with van der Waals surface area (Å²) in [6.45, 7) is 0.281. The molecule has 2 aliphatic rings. The Balaban J connectivity index is 1.26. The molecule has 10 nitrogen and oxygen atoms in total. The van der Waals surface area contributed by atoms with E-state index in [1.807, 2.05) is 12.1 Å². The number of nitrogens with zero attached hydrogens (tertiary/aromatic N) is 3. The lowest BCUT2D eigenvalue weighted by atomic mass is 10.0. The second-order valence-electron chi connectivity index (χ2n) is 8.24. The zero-order valence-corrected chi connectivity index (χ0v) is 18.2. The minimum atomic E-state index is -0.460. The number of Topliss-reactive ketones (excluding diaryl/α,β-unsaturated/α-hetero) is 1. The van der Waals surface area contributed by atoms with Crippen LogP contribution in [0.15, 0.2) is 55.0 Å². The number of amides is 3. The van der Waals surface area contributed by atoms with Gasteiger partial charge in [0.05, 0.1) is 22.3 Å². The maximum absolute atomic E-state index is 13.0. The van der Waals surface area contributed by atoms with Gasteiger partial charge in [-0.05, 0) is 29.8 Å². The molecule has 0 saturated heterocycles. The van der Waals surface area contributed by atoms with Gasteiger partial charge in [-0.1, -0.05) is 18.2 Å². The predicted molar refractivity (Wildman–Crippen MR) is 123 cm³/mol. The maximum Gasteiger partial charge on any atom is 0.272 e. The van der Waals surface area contributed by atoms with Crippen molar-refractivity contribution in [3.8, 4) is 5.75 Å². The van der Waals surface area contributed by atoms with Gasteiger partial charge in [-0.15, -0.1) is 0 Å². The smallest absolute Gasteiger partial charge is 0.272 e. The highest BCUT2D eigenvalue weighted by Crippen LogP contribution is 2.33. The Morgan fingerprint density at radius 1 is 1.06 bits per heavy atom. The molecule has 0 unspecified atom stereocenters. The summed E-state index contributed by atoms with van der Waals surface area (Å²) in [6.07, 6.45) is 2.99. The van der Waals surface area contributed by atoms with Crippen molar-refractivity contribution < 1.29 is 23.9 Å². The number of benzene rings is 2. The third kappa shape index (κ3) is 3.34. The number of ether oxygens (including phenoxy) is 1. The molecule has 4 heterocycles. The minimum Gasteiger partial charge on any atom is -0.486 e. The molecule has 0 aliphatic carbocycles. The van der Waals surface area contributed by atoms with E-state index in [0.717, 1.165) is 16.0 Å². The molecule has 0 bridgehead atoms. The fourth-order valence-corrected chi connectivity index (χ4v) is 4.39. The van der Waals surface area contributed by atoms with Gasteiger partial charge in [-0.2, -0.15) is 0 Å². The van der Waals surface area contributed by atoms with Crippen LogP contribution in [-0.2, 0) is 17.8 Å². The number of hydrogen-bond acceptors (Lipinski definition) is 7. The van der Waals surface area contributed by atoms with Gasteiger partial charge < -0.3 is 15.0 Å². The van der Waals surface area contributed by atoms with Gasteiger partial charge in [-0.3, -0.25) is 19.2 Å². The molecule has 2 N–H and O–H groups in total. The molecule has 4 aromatic rings. The molecule has 6 rings (SSSR count). The van der Waals surface area contributed by atoms with Crippen molar-refractivity contribution in [2.24, 2.45) is 0 Å². The molecule has 172 valence electrons. The summed E-state index contributed by atoms with van der Waals surface area (Å²) in [4.78, 5) is 62.7. The van der Waals surface area contributed by atoms with Crippen molar-refractivity contribution in [2.75, 3.05) is 11.5 Å². The first-order chi connectivity index (χ1) is 17.0. The Hall–Kier alpha value is -4.86. The normalized spacial score (nSPS) is 14.6. The van der Waals surface area contributed by atoms with Crippen LogP contribution in [0.4, 0.5) is 5.69 Å². The fourth-order valence-electron chi connectivity index (χ4n) is 4.39. The fraction of sp³-hybridized carbons (Fsp3) is 0.120. The predicted octanol–water partition coefficient (Wildman–Crippen LogP) is 2.19. The number of ketones is 1. The number of nitrogens with one attached hydrogen (secondary N) is 2. The van der Waals surface area contributed by atoms with E-state index in [1.165, 1.54) is 12.5 Å². The number of hydrogen-bond donors (Lipinski definition) is 2. The number of carbonyl (C=O) groups is 4. The first-order valence-electron chi connectivity index (χ1n) is 10.9. The quantitative estimate of drug-likeness (QED) is 0.439. The number of anilines is 1. The van der Waals surface area contributed by atoms with Crippen LogP contribution in [0, 0.1) is 0 Å². The molecule has 0 spiro atoms. The lowest BCUT2D eigenvalue weighted by Gasteiger charge is -2.17. The lowest BCUT2D eigenvalue weighted by Crippen LogP contribution is -2.29. The summed E-state index contributed by atoms with van der Waals surface area (Å²) in [7, 11) is 0. The summed E-state index contributed by atoms with van der Waals surface area (Å²) in [6, 6.07) is 12.0. The molecule has 3 amide bonds. The van der Waals surface area contributed by atoms with E-state index < -0.39 is 17.7 Å². The van der Waals surface area contributed by atoms with E-state index in [4.69, 9.17) is 4.74 Å². The molecule has 2 aliphatic heterocycles. The SMILES string of the molecule is O=C1COc2ccc(CNC(=O)c3ncnc4c(N5C(=O)c6ccccc6C5=O)c[nH]c34)cc2C1. The van der Waals surface area contributed by atoms with Crippen molar-refractivity contribution in [3.63, 3.8) is 0 Å². The first kappa shape index (κ1) is 20.7. The number of H-pyrrole nitrogens is 1. The topological polar surface area (TPSA) is 134 Å². The summed E-state index contributed by atoms with van der Waals surface area (Å²) >= 11 is 0. The van der Waals surface area contributed by atoms with E-state index in [0.29, 0.717) is 28.8 Å². The Labute approximate surface area is 197 Å². The summed E-state index contributed by atoms with van der Waals surface area (Å²) in [5.41, 5.74) is 3.14. The van der Waals surface area contributed by atoms with Crippen molar-refractivity contribution in [2.45, 2.75) is 13.0 Å². The van der Waals surface area contributed by atoms with Crippen LogP contribution in [0.2, 0.25) is 0 Å². The highest BCUT2D eigenvalue weighted by atomic mass is 16.5. The van der Waals surface area contributed by atoms with E-state index in [1.54, 1.807) is 30.3 Å². The van der Waals surface area contributed by atoms with Gasteiger partial charge in [0, 0.05) is 24.7 Å². The van der Waals surface area contributed by atoms with Crippen LogP contribution < -0.4 is 15.0 Å². The average molecular weight is 467 g/mol. The summed E-state index contributed by atoms with van der Waals surface area (Å²) in [5, 5.41) is 2.81. The van der Waals surface area contributed by atoms with Gasteiger partial charge in [0.25, 0.3) is 17.7 Å². The van der Waals surface area contributed by atoms with Crippen molar-refractivity contribution >= 4 is 40.2 Å². The molecule has 0 saturated carbocycles. The molecule has 0 atom stereocenters. The van der Waals surface area contributed by atoms with Crippen LogP contribution >= 0.6 is 0 Å². The third-order valence-corrected chi connectivity index (χ3v) is 6.05. The summed E-state index contributed by atoms with van der Waals surface area (Å²) in [5.74, 6) is -0.692. The van der Waals surface area contributed by atoms with E-state index in [-0.39, 0.29) is 35.8 Å². The van der Waals surface area contributed by atoms with Crippen LogP contribution in [0.1, 0.15) is 42.3 Å². The molecule has 2 aromatic heterocycles. The van der Waals surface area contributed by atoms with Gasteiger partial charge in [0.1, 0.15) is 24.2 Å². The lowest BCUT2D eigenvalue weighted by molar-refractivity contribution is -0.121. The molecule has 35 heavy (non-hydrogen) atoms.